The van der Waals surface area contributed by atoms with Crippen molar-refractivity contribution in [3.63, 3.8) is 0 Å². The first-order valence-corrected chi connectivity index (χ1v) is 5.58. The Hall–Kier alpha value is -2.33. The standard InChI is InChI=1S/C14H10N2O2.ClH/c17-14(18)11-7-4-8-12-13(11)16(9-15-12)10-5-2-1-3-6-10;/h1-9H,(H,17,18);1H. The summed E-state index contributed by atoms with van der Waals surface area (Å²) < 4.78 is 1.85. The molecule has 1 aromatic heterocycles. The number of aromatic amines is 1. The van der Waals surface area contributed by atoms with Crippen LogP contribution >= 0.6 is 0 Å². The Kier molecular flexibility index (Phi) is 3.53. The van der Waals surface area contributed by atoms with Crippen LogP contribution in [0.4, 0.5) is 0 Å². The van der Waals surface area contributed by atoms with Crippen molar-refractivity contribution in [3.05, 3.63) is 60.4 Å². The third kappa shape index (κ3) is 2.18. The Bertz CT molecular complexity index is 723. The third-order valence-electron chi connectivity index (χ3n) is 2.89. The van der Waals surface area contributed by atoms with E-state index in [0.29, 0.717) is 5.52 Å². The van der Waals surface area contributed by atoms with Gasteiger partial charge in [-0.05, 0) is 24.3 Å². The summed E-state index contributed by atoms with van der Waals surface area (Å²) in [6.07, 6.45) is 1.77. The van der Waals surface area contributed by atoms with E-state index < -0.39 is 5.97 Å². The second kappa shape index (κ2) is 5.12. The van der Waals surface area contributed by atoms with Crippen molar-refractivity contribution in [2.45, 2.75) is 0 Å². The van der Waals surface area contributed by atoms with Crippen LogP contribution in [0.2, 0.25) is 0 Å². The number of hydrogen-bond acceptors (Lipinski definition) is 1. The zero-order valence-corrected chi connectivity index (χ0v) is 10.6. The minimum atomic E-state index is -0.926. The molecule has 0 aliphatic rings. The second-order valence-electron chi connectivity index (χ2n) is 3.99. The summed E-state index contributed by atoms with van der Waals surface area (Å²) in [5.41, 5.74) is 2.70. The van der Waals surface area contributed by atoms with Crippen molar-refractivity contribution in [2.75, 3.05) is 0 Å². The van der Waals surface area contributed by atoms with Crippen molar-refractivity contribution in [1.82, 2.24) is 4.98 Å². The van der Waals surface area contributed by atoms with Gasteiger partial charge in [-0.15, -0.1) is 0 Å². The molecular weight excluding hydrogens is 264 g/mol. The summed E-state index contributed by atoms with van der Waals surface area (Å²) in [5, 5.41) is 9.25. The molecule has 0 radical (unpaired) electrons. The van der Waals surface area contributed by atoms with E-state index in [9.17, 15) is 9.90 Å². The lowest BCUT2D eigenvalue weighted by molar-refractivity contribution is -0.567. The summed E-state index contributed by atoms with van der Waals surface area (Å²) in [6.45, 7) is 0. The molecule has 0 fully saturated rings. The molecule has 0 aliphatic carbocycles. The molecule has 3 aromatic rings. The van der Waals surface area contributed by atoms with E-state index in [4.69, 9.17) is 0 Å². The highest BCUT2D eigenvalue weighted by Gasteiger charge is 2.19. The number of aromatic carboxylic acids is 1. The molecule has 2 aromatic carbocycles. The Morgan fingerprint density at radius 3 is 2.47 bits per heavy atom. The zero-order chi connectivity index (χ0) is 12.5. The van der Waals surface area contributed by atoms with Crippen LogP contribution in [0, 0.1) is 0 Å². The summed E-state index contributed by atoms with van der Waals surface area (Å²) in [7, 11) is 0. The molecule has 5 heteroatoms. The lowest BCUT2D eigenvalue weighted by Crippen LogP contribution is -3.00. The Morgan fingerprint density at radius 1 is 1.05 bits per heavy atom. The van der Waals surface area contributed by atoms with Gasteiger partial charge in [-0.25, -0.2) is 9.78 Å². The van der Waals surface area contributed by atoms with Crippen LogP contribution in [0.15, 0.2) is 54.9 Å². The van der Waals surface area contributed by atoms with Crippen molar-refractivity contribution in [1.29, 1.82) is 0 Å². The van der Waals surface area contributed by atoms with E-state index in [1.807, 2.05) is 41.0 Å². The van der Waals surface area contributed by atoms with E-state index in [2.05, 4.69) is 4.98 Å². The third-order valence-corrected chi connectivity index (χ3v) is 2.89. The molecule has 1 heterocycles. The maximum Gasteiger partial charge on any atom is 0.340 e. The molecule has 0 atom stereocenters. The molecule has 0 saturated carbocycles. The summed E-state index contributed by atoms with van der Waals surface area (Å²) in [6, 6.07) is 14.8. The topological polar surface area (TPSA) is 57.0 Å². The minimum absolute atomic E-state index is 0. The summed E-state index contributed by atoms with van der Waals surface area (Å²) in [4.78, 5) is 14.4. The first-order valence-electron chi connectivity index (χ1n) is 5.58. The molecule has 0 unspecified atom stereocenters. The van der Waals surface area contributed by atoms with Crippen LogP contribution in [0.25, 0.3) is 16.7 Å². The van der Waals surface area contributed by atoms with E-state index in [1.165, 1.54) is 0 Å². The number of carboxylic acid groups (broad SMARTS) is 1. The highest BCUT2D eigenvalue weighted by Crippen LogP contribution is 2.15. The number of fused-ring (bicyclic) bond motifs is 1. The average Bonchev–Trinajstić information content (AvgIpc) is 2.83. The number of nitrogens with zero attached hydrogens (tertiary/aromatic N) is 1. The van der Waals surface area contributed by atoms with Crippen LogP contribution in [-0.2, 0) is 0 Å². The fourth-order valence-electron chi connectivity index (χ4n) is 2.08. The number of imidazole rings is 1. The van der Waals surface area contributed by atoms with E-state index in [0.717, 1.165) is 11.2 Å². The normalized spacial score (nSPS) is 10.1. The van der Waals surface area contributed by atoms with E-state index in [-0.39, 0.29) is 18.0 Å². The average molecular weight is 275 g/mol. The van der Waals surface area contributed by atoms with Gasteiger partial charge in [0.1, 0.15) is 11.3 Å². The number of H-pyrrole nitrogens is 1. The number of carboxylic acids is 1. The van der Waals surface area contributed by atoms with Gasteiger partial charge < -0.3 is 17.5 Å². The maximum absolute atomic E-state index is 11.3. The number of nitrogens with one attached hydrogen (secondary N) is 1. The molecule has 19 heavy (non-hydrogen) atoms. The van der Waals surface area contributed by atoms with Gasteiger partial charge in [-0.2, -0.15) is 4.57 Å². The number of para-hydroxylation sites is 2. The van der Waals surface area contributed by atoms with Gasteiger partial charge in [0, 0.05) is 0 Å². The Labute approximate surface area is 115 Å². The van der Waals surface area contributed by atoms with Crippen molar-refractivity contribution < 1.29 is 26.9 Å². The Morgan fingerprint density at radius 2 is 1.79 bits per heavy atom. The first-order chi connectivity index (χ1) is 8.77. The number of halogens is 1. The lowest BCUT2D eigenvalue weighted by atomic mass is 10.2. The number of rotatable bonds is 2. The molecule has 3 rings (SSSR count). The van der Waals surface area contributed by atoms with Gasteiger partial charge in [0.05, 0.1) is 0 Å². The maximum atomic E-state index is 11.3. The van der Waals surface area contributed by atoms with Crippen molar-refractivity contribution in [3.8, 4) is 5.69 Å². The van der Waals surface area contributed by atoms with Gasteiger partial charge in [-0.1, -0.05) is 24.3 Å². The molecular formula is C14H11ClN2O2. The molecule has 2 N–H and O–H groups in total. The summed E-state index contributed by atoms with van der Waals surface area (Å²) in [5.74, 6) is -0.926. The number of benzene rings is 2. The highest BCUT2D eigenvalue weighted by molar-refractivity contribution is 5.99. The van der Waals surface area contributed by atoms with Crippen LogP contribution in [0.5, 0.6) is 0 Å². The molecule has 96 valence electrons. The summed E-state index contributed by atoms with van der Waals surface area (Å²) >= 11 is 0. The van der Waals surface area contributed by atoms with Gasteiger partial charge in [-0.3, -0.25) is 0 Å². The van der Waals surface area contributed by atoms with Crippen LogP contribution in [0.3, 0.4) is 0 Å². The quantitative estimate of drug-likeness (QED) is 0.598. The molecule has 4 nitrogen and oxygen atoms in total. The van der Waals surface area contributed by atoms with Gasteiger partial charge in [0.25, 0.3) is 0 Å². The van der Waals surface area contributed by atoms with Gasteiger partial charge >= 0.3 is 5.97 Å². The smallest absolute Gasteiger partial charge is 0.340 e. The van der Waals surface area contributed by atoms with Crippen LogP contribution in [-0.4, -0.2) is 16.1 Å². The van der Waals surface area contributed by atoms with Crippen molar-refractivity contribution >= 4 is 17.0 Å². The van der Waals surface area contributed by atoms with Gasteiger partial charge in [0.15, 0.2) is 11.0 Å². The first kappa shape index (κ1) is 13.1. The molecule has 0 bridgehead atoms. The predicted octanol–water partition coefficient (Wildman–Crippen LogP) is -0.853. The van der Waals surface area contributed by atoms with Crippen LogP contribution < -0.4 is 17.0 Å². The van der Waals surface area contributed by atoms with Gasteiger partial charge in [0.2, 0.25) is 6.33 Å². The highest BCUT2D eigenvalue weighted by atomic mass is 35.5. The molecule has 0 saturated heterocycles. The number of carbonyl (C=O) groups is 1. The monoisotopic (exact) mass is 274 g/mol. The molecule has 0 spiro atoms. The molecule has 0 aliphatic heterocycles. The van der Waals surface area contributed by atoms with E-state index >= 15 is 0 Å². The largest absolute Gasteiger partial charge is 1.00 e. The Balaban J connectivity index is 0.00000133. The number of hydrogen-bond donors (Lipinski definition) is 2. The fraction of sp³-hybridized carbons (Fsp3) is 0. The fourth-order valence-corrected chi connectivity index (χ4v) is 2.08. The van der Waals surface area contributed by atoms with E-state index in [1.54, 1.807) is 18.5 Å². The van der Waals surface area contributed by atoms with Crippen LogP contribution in [0.1, 0.15) is 10.4 Å². The molecule has 0 amide bonds. The lowest BCUT2D eigenvalue weighted by Gasteiger charge is -1.99. The zero-order valence-electron chi connectivity index (χ0n) is 9.88. The SMILES string of the molecule is O=C(O)c1cccc2[nH]c[n+](-c3ccccc3)c12.[Cl-]. The van der Waals surface area contributed by atoms with Crippen molar-refractivity contribution in [2.24, 2.45) is 0 Å². The minimum Gasteiger partial charge on any atom is -1.00 e. The predicted molar refractivity (Wildman–Crippen MR) is 66.8 cm³/mol. The second-order valence-corrected chi connectivity index (χ2v) is 3.99. The number of aromatic nitrogens is 2.